The van der Waals surface area contributed by atoms with E-state index in [0.717, 1.165) is 37.7 Å². The smallest absolute Gasteiger partial charge is 0.194 e. The lowest BCUT2D eigenvalue weighted by atomic mass is 9.86. The number of ether oxygens (including phenoxy) is 2. The Morgan fingerprint density at radius 3 is 1.78 bits per heavy atom. The summed E-state index contributed by atoms with van der Waals surface area (Å²) in [6, 6.07) is 19.0. The van der Waals surface area contributed by atoms with E-state index in [9.17, 15) is 9.59 Å². The largest absolute Gasteiger partial charge is 0.484 e. The maximum absolute atomic E-state index is 13.5. The molecule has 0 aliphatic heterocycles. The highest BCUT2D eigenvalue weighted by atomic mass is 16.5. The Hall–Kier alpha value is -3.92. The van der Waals surface area contributed by atoms with E-state index in [4.69, 9.17) is 9.47 Å². The molecule has 0 unspecified atom stereocenters. The molecule has 4 nitrogen and oxygen atoms in total. The third-order valence-electron chi connectivity index (χ3n) is 6.55. The van der Waals surface area contributed by atoms with Crippen molar-refractivity contribution in [1.82, 2.24) is 0 Å². The van der Waals surface area contributed by atoms with E-state index < -0.39 is 11.2 Å². The van der Waals surface area contributed by atoms with Crippen molar-refractivity contribution in [1.29, 1.82) is 0 Å². The van der Waals surface area contributed by atoms with Gasteiger partial charge >= 0.3 is 0 Å². The minimum Gasteiger partial charge on any atom is -0.484 e. The van der Waals surface area contributed by atoms with Crippen molar-refractivity contribution in [3.05, 3.63) is 81.1 Å². The predicted molar refractivity (Wildman–Crippen MR) is 150 cm³/mol. The maximum Gasteiger partial charge on any atom is 0.194 e. The molecule has 0 aliphatic rings. The lowest BCUT2D eigenvalue weighted by Crippen LogP contribution is -2.27. The summed E-state index contributed by atoms with van der Waals surface area (Å²) in [6.07, 6.45) is 0. The molecule has 0 aromatic heterocycles. The van der Waals surface area contributed by atoms with Gasteiger partial charge in [-0.05, 0) is 86.7 Å². The van der Waals surface area contributed by atoms with E-state index in [0.29, 0.717) is 27.7 Å². The number of fused-ring (bicyclic) bond motifs is 4. The number of benzene rings is 6. The van der Waals surface area contributed by atoms with Crippen LogP contribution in [-0.4, -0.2) is 11.2 Å². The van der Waals surface area contributed by atoms with Gasteiger partial charge in [-0.1, -0.05) is 42.5 Å². The van der Waals surface area contributed by atoms with Crippen LogP contribution in [0.2, 0.25) is 0 Å². The lowest BCUT2D eigenvalue weighted by Gasteiger charge is -2.29. The standard InChI is InChI=1S/C32H28O4/c1-31(2,3)35-24-16-22-18-12-9-13-21-26(18)25(17-10-7-8-11-19(17)29(21)34)20-14-15-23(33)28(27(20)22)30(24)36-32(4,5)6/h7-16H,1-6H3. The molecule has 6 aromatic rings. The fourth-order valence-electron chi connectivity index (χ4n) is 5.41. The molecule has 0 fully saturated rings. The Bertz CT molecular complexity index is 1940. The molecule has 4 heteroatoms. The van der Waals surface area contributed by atoms with E-state index in [1.165, 1.54) is 0 Å². The Morgan fingerprint density at radius 2 is 1.08 bits per heavy atom. The van der Waals surface area contributed by atoms with Gasteiger partial charge in [0, 0.05) is 21.5 Å². The summed E-state index contributed by atoms with van der Waals surface area (Å²) in [5.41, 5.74) is -1.15. The molecule has 0 atom stereocenters. The molecule has 6 rings (SSSR count). The molecular formula is C32H28O4. The van der Waals surface area contributed by atoms with Gasteiger partial charge in [0.2, 0.25) is 0 Å². The number of rotatable bonds is 2. The van der Waals surface area contributed by atoms with Gasteiger partial charge in [0.05, 0.1) is 5.39 Å². The topological polar surface area (TPSA) is 52.6 Å². The zero-order valence-electron chi connectivity index (χ0n) is 21.4. The molecule has 0 saturated heterocycles. The SMILES string of the molecule is CC(C)(C)Oc1cc2c3cccc4c(=O)c5ccccc5c(c5ccc(=O)c(c1OC(C)(C)C)c25)c43. The fourth-order valence-corrected chi connectivity index (χ4v) is 5.41. The summed E-state index contributed by atoms with van der Waals surface area (Å²) >= 11 is 0. The van der Waals surface area contributed by atoms with Gasteiger partial charge in [-0.25, -0.2) is 0 Å². The van der Waals surface area contributed by atoms with Crippen LogP contribution in [0.15, 0.2) is 70.3 Å². The lowest BCUT2D eigenvalue weighted by molar-refractivity contribution is 0.0976. The average molecular weight is 477 g/mol. The highest BCUT2D eigenvalue weighted by Gasteiger charge is 2.27. The van der Waals surface area contributed by atoms with E-state index in [1.807, 2.05) is 96.1 Å². The van der Waals surface area contributed by atoms with Crippen LogP contribution in [0.3, 0.4) is 0 Å². The normalized spacial score (nSPS) is 12.9. The molecular weight excluding hydrogens is 448 g/mol. The molecule has 6 aromatic carbocycles. The fraction of sp³-hybridized carbons (Fsp3) is 0.250. The molecule has 0 amide bonds. The van der Waals surface area contributed by atoms with Crippen LogP contribution in [-0.2, 0) is 0 Å². The Kier molecular flexibility index (Phi) is 4.57. The van der Waals surface area contributed by atoms with Gasteiger partial charge < -0.3 is 9.47 Å². The molecule has 0 N–H and O–H groups in total. The summed E-state index contributed by atoms with van der Waals surface area (Å²) < 4.78 is 12.8. The second-order valence-electron chi connectivity index (χ2n) is 11.5. The first-order chi connectivity index (χ1) is 16.9. The summed E-state index contributed by atoms with van der Waals surface area (Å²) in [6.45, 7) is 11.8. The molecule has 36 heavy (non-hydrogen) atoms. The second kappa shape index (κ2) is 7.30. The van der Waals surface area contributed by atoms with Crippen molar-refractivity contribution < 1.29 is 9.47 Å². The first-order valence-corrected chi connectivity index (χ1v) is 12.3. The Labute approximate surface area is 208 Å². The van der Waals surface area contributed by atoms with Crippen LogP contribution in [0.5, 0.6) is 11.5 Å². The van der Waals surface area contributed by atoms with Crippen LogP contribution in [0.25, 0.3) is 53.9 Å². The van der Waals surface area contributed by atoms with Crippen LogP contribution in [0.4, 0.5) is 0 Å². The van der Waals surface area contributed by atoms with Crippen molar-refractivity contribution in [2.45, 2.75) is 52.7 Å². The van der Waals surface area contributed by atoms with Gasteiger partial charge in [-0.3, -0.25) is 9.59 Å². The van der Waals surface area contributed by atoms with E-state index in [1.54, 1.807) is 6.07 Å². The van der Waals surface area contributed by atoms with Crippen molar-refractivity contribution in [3.63, 3.8) is 0 Å². The summed E-state index contributed by atoms with van der Waals surface area (Å²) in [4.78, 5) is 27.0. The highest BCUT2D eigenvalue weighted by molar-refractivity contribution is 6.38. The minimum atomic E-state index is -0.543. The van der Waals surface area contributed by atoms with Gasteiger partial charge in [0.25, 0.3) is 0 Å². The Balaban J connectivity index is 1.96. The first-order valence-electron chi connectivity index (χ1n) is 12.3. The molecule has 0 bridgehead atoms. The second-order valence-corrected chi connectivity index (χ2v) is 11.5. The molecule has 0 heterocycles. The van der Waals surface area contributed by atoms with E-state index in [-0.39, 0.29) is 10.9 Å². The van der Waals surface area contributed by atoms with Gasteiger partial charge in [0.15, 0.2) is 22.4 Å². The van der Waals surface area contributed by atoms with Crippen molar-refractivity contribution in [3.8, 4) is 11.5 Å². The number of hydrogen-bond acceptors (Lipinski definition) is 4. The molecule has 0 radical (unpaired) electrons. The van der Waals surface area contributed by atoms with Crippen molar-refractivity contribution >= 4 is 53.9 Å². The molecule has 0 saturated carbocycles. The summed E-state index contributed by atoms with van der Waals surface area (Å²) in [7, 11) is 0. The highest BCUT2D eigenvalue weighted by Crippen LogP contribution is 2.47. The number of hydrogen-bond donors (Lipinski definition) is 0. The predicted octanol–water partition coefficient (Wildman–Crippen LogP) is 7.40. The molecule has 180 valence electrons. The summed E-state index contributed by atoms with van der Waals surface area (Å²) in [5.74, 6) is 0.987. The summed E-state index contributed by atoms with van der Waals surface area (Å²) in [5, 5.41) is 8.24. The third kappa shape index (κ3) is 3.28. The third-order valence-corrected chi connectivity index (χ3v) is 6.55. The van der Waals surface area contributed by atoms with Crippen LogP contribution < -0.4 is 20.3 Å². The maximum atomic E-state index is 13.5. The average Bonchev–Trinajstić information content (AvgIpc) is 2.79. The van der Waals surface area contributed by atoms with Gasteiger partial charge in [-0.15, -0.1) is 0 Å². The van der Waals surface area contributed by atoms with E-state index >= 15 is 0 Å². The Morgan fingerprint density at radius 1 is 0.528 bits per heavy atom. The first kappa shape index (κ1) is 22.5. The molecule has 0 aliphatic carbocycles. The molecule has 0 spiro atoms. The zero-order valence-corrected chi connectivity index (χ0v) is 21.4. The van der Waals surface area contributed by atoms with Gasteiger partial charge in [0.1, 0.15) is 11.2 Å². The van der Waals surface area contributed by atoms with Gasteiger partial charge in [-0.2, -0.15) is 0 Å². The minimum absolute atomic E-state index is 0.0187. The quantitative estimate of drug-likeness (QED) is 0.193. The van der Waals surface area contributed by atoms with Crippen molar-refractivity contribution in [2.75, 3.05) is 0 Å². The van der Waals surface area contributed by atoms with Crippen molar-refractivity contribution in [2.24, 2.45) is 0 Å². The van der Waals surface area contributed by atoms with Crippen LogP contribution >= 0.6 is 0 Å². The van der Waals surface area contributed by atoms with Crippen LogP contribution in [0.1, 0.15) is 41.5 Å². The zero-order chi connectivity index (χ0) is 25.6. The van der Waals surface area contributed by atoms with E-state index in [2.05, 4.69) is 0 Å². The van der Waals surface area contributed by atoms with Crippen LogP contribution in [0, 0.1) is 0 Å². The monoisotopic (exact) mass is 476 g/mol.